The number of pyridine rings is 1. The SMILES string of the molecule is Cc1c(C)n(Cc2ccccc2Cl)c2c(N3CCC(c4ccccc4)CC3)nccc12.Cl. The van der Waals surface area contributed by atoms with Crippen molar-refractivity contribution in [1.29, 1.82) is 0 Å². The largest absolute Gasteiger partial charge is 0.355 e. The van der Waals surface area contributed by atoms with E-state index in [9.17, 15) is 0 Å². The van der Waals surface area contributed by atoms with E-state index in [1.807, 2.05) is 18.3 Å². The highest BCUT2D eigenvalue weighted by Crippen LogP contribution is 2.36. The number of fused-ring (bicyclic) bond motifs is 1. The van der Waals surface area contributed by atoms with Crippen LogP contribution in [0.2, 0.25) is 5.02 Å². The number of piperidine rings is 1. The first-order chi connectivity index (χ1) is 15.1. The van der Waals surface area contributed by atoms with Crippen LogP contribution in [0.4, 0.5) is 5.82 Å². The van der Waals surface area contributed by atoms with E-state index >= 15 is 0 Å². The number of hydrogen-bond acceptors (Lipinski definition) is 2. The van der Waals surface area contributed by atoms with E-state index in [1.165, 1.54) is 27.7 Å². The van der Waals surface area contributed by atoms with Crippen molar-refractivity contribution in [3.63, 3.8) is 0 Å². The Labute approximate surface area is 201 Å². The van der Waals surface area contributed by atoms with Gasteiger partial charge in [-0.05, 0) is 61.4 Å². The van der Waals surface area contributed by atoms with Crippen LogP contribution in [0.1, 0.15) is 41.1 Å². The first-order valence-corrected chi connectivity index (χ1v) is 11.5. The molecule has 1 aliphatic heterocycles. The summed E-state index contributed by atoms with van der Waals surface area (Å²) < 4.78 is 2.40. The van der Waals surface area contributed by atoms with Gasteiger partial charge in [-0.3, -0.25) is 0 Å². The Morgan fingerprint density at radius 1 is 0.938 bits per heavy atom. The van der Waals surface area contributed by atoms with Gasteiger partial charge in [0, 0.05) is 41.9 Å². The number of aryl methyl sites for hydroxylation is 1. The molecule has 1 fully saturated rings. The molecular weight excluding hydrogens is 437 g/mol. The Morgan fingerprint density at radius 2 is 1.62 bits per heavy atom. The first-order valence-electron chi connectivity index (χ1n) is 11.1. The molecule has 3 heterocycles. The summed E-state index contributed by atoms with van der Waals surface area (Å²) in [5, 5.41) is 2.11. The third-order valence-corrected chi connectivity index (χ3v) is 7.25. The Balaban J connectivity index is 0.00000245. The molecule has 3 nitrogen and oxygen atoms in total. The minimum absolute atomic E-state index is 0. The summed E-state index contributed by atoms with van der Waals surface area (Å²) in [6.07, 6.45) is 4.28. The second kappa shape index (κ2) is 9.56. The Bertz CT molecular complexity index is 1210. The second-order valence-electron chi connectivity index (χ2n) is 8.59. The minimum Gasteiger partial charge on any atom is -0.355 e. The molecule has 0 unspecified atom stereocenters. The zero-order chi connectivity index (χ0) is 21.4. The lowest BCUT2D eigenvalue weighted by Crippen LogP contribution is -2.33. The van der Waals surface area contributed by atoms with Crippen LogP contribution in [0.3, 0.4) is 0 Å². The van der Waals surface area contributed by atoms with Crippen molar-refractivity contribution in [3.05, 3.63) is 94.3 Å². The fraction of sp³-hybridized carbons (Fsp3) is 0.296. The predicted octanol–water partition coefficient (Wildman–Crippen LogP) is 7.16. The van der Waals surface area contributed by atoms with E-state index in [0.717, 1.165) is 48.9 Å². The van der Waals surface area contributed by atoms with E-state index < -0.39 is 0 Å². The zero-order valence-corrected chi connectivity index (χ0v) is 20.2. The molecule has 1 aliphatic rings. The van der Waals surface area contributed by atoms with Crippen LogP contribution in [-0.2, 0) is 6.54 Å². The molecule has 0 N–H and O–H groups in total. The van der Waals surface area contributed by atoms with Gasteiger partial charge >= 0.3 is 0 Å². The minimum atomic E-state index is 0. The monoisotopic (exact) mass is 465 g/mol. The number of halogens is 2. The van der Waals surface area contributed by atoms with Crippen molar-refractivity contribution in [1.82, 2.24) is 9.55 Å². The lowest BCUT2D eigenvalue weighted by atomic mass is 9.89. The van der Waals surface area contributed by atoms with Crippen molar-refractivity contribution in [2.75, 3.05) is 18.0 Å². The average Bonchev–Trinajstić information content (AvgIpc) is 3.06. The highest BCUT2D eigenvalue weighted by Gasteiger charge is 2.25. The number of benzene rings is 2. The van der Waals surface area contributed by atoms with Gasteiger partial charge in [0.15, 0.2) is 5.82 Å². The van der Waals surface area contributed by atoms with Gasteiger partial charge in [0.1, 0.15) is 0 Å². The Morgan fingerprint density at radius 3 is 2.34 bits per heavy atom. The van der Waals surface area contributed by atoms with Crippen LogP contribution in [0, 0.1) is 13.8 Å². The van der Waals surface area contributed by atoms with Gasteiger partial charge in [-0.2, -0.15) is 0 Å². The summed E-state index contributed by atoms with van der Waals surface area (Å²) in [4.78, 5) is 7.36. The molecule has 5 heteroatoms. The van der Waals surface area contributed by atoms with Gasteiger partial charge in [0.05, 0.1) is 5.52 Å². The molecule has 0 amide bonds. The van der Waals surface area contributed by atoms with Crippen molar-refractivity contribution in [3.8, 4) is 0 Å². The third-order valence-electron chi connectivity index (χ3n) is 6.88. The van der Waals surface area contributed by atoms with Crippen LogP contribution in [0.15, 0.2) is 66.9 Å². The lowest BCUT2D eigenvalue weighted by molar-refractivity contribution is 0.503. The molecule has 4 aromatic rings. The van der Waals surface area contributed by atoms with Crippen LogP contribution in [0.5, 0.6) is 0 Å². The van der Waals surface area contributed by atoms with Crippen molar-refractivity contribution < 1.29 is 0 Å². The fourth-order valence-electron chi connectivity index (χ4n) is 4.95. The molecule has 5 rings (SSSR count). The molecule has 0 spiro atoms. The highest BCUT2D eigenvalue weighted by atomic mass is 35.5. The summed E-state index contributed by atoms with van der Waals surface area (Å²) in [5.41, 5.74) is 6.44. The molecule has 1 saturated heterocycles. The Kier molecular flexibility index (Phi) is 6.78. The number of nitrogens with zero attached hydrogens (tertiary/aromatic N) is 3. The first kappa shape index (κ1) is 22.7. The lowest BCUT2D eigenvalue weighted by Gasteiger charge is -2.33. The number of hydrogen-bond donors (Lipinski definition) is 0. The smallest absolute Gasteiger partial charge is 0.153 e. The standard InChI is InChI=1S/C27H28ClN3.ClH/c1-19-20(2)31(18-23-10-6-7-11-25(23)28)26-24(19)12-15-29-27(26)30-16-13-22(14-17-30)21-8-4-3-5-9-21;/h3-12,15,22H,13-14,16-18H2,1-2H3;1H. The molecule has 0 radical (unpaired) electrons. The number of anilines is 1. The van der Waals surface area contributed by atoms with E-state index in [0.29, 0.717) is 5.92 Å². The fourth-order valence-corrected chi connectivity index (χ4v) is 5.15. The predicted molar refractivity (Wildman–Crippen MR) is 138 cm³/mol. The quantitative estimate of drug-likeness (QED) is 0.318. The van der Waals surface area contributed by atoms with Crippen LogP contribution in [0.25, 0.3) is 10.9 Å². The van der Waals surface area contributed by atoms with E-state index in [4.69, 9.17) is 16.6 Å². The summed E-state index contributed by atoms with van der Waals surface area (Å²) in [7, 11) is 0. The molecule has 0 bridgehead atoms. The number of aromatic nitrogens is 2. The van der Waals surface area contributed by atoms with Crippen LogP contribution in [-0.4, -0.2) is 22.6 Å². The van der Waals surface area contributed by atoms with Gasteiger partial charge in [-0.1, -0.05) is 60.1 Å². The molecule has 0 aliphatic carbocycles. The molecular formula is C27H29Cl2N3. The molecule has 0 atom stereocenters. The molecule has 166 valence electrons. The maximum absolute atomic E-state index is 6.51. The van der Waals surface area contributed by atoms with Crippen molar-refractivity contribution >= 4 is 40.7 Å². The number of rotatable bonds is 4. The van der Waals surface area contributed by atoms with E-state index in [2.05, 4.69) is 71.8 Å². The highest BCUT2D eigenvalue weighted by molar-refractivity contribution is 6.31. The van der Waals surface area contributed by atoms with Gasteiger partial charge in [0.2, 0.25) is 0 Å². The van der Waals surface area contributed by atoms with Gasteiger partial charge in [-0.25, -0.2) is 4.98 Å². The summed E-state index contributed by atoms with van der Waals surface area (Å²) >= 11 is 6.51. The molecule has 0 saturated carbocycles. The zero-order valence-electron chi connectivity index (χ0n) is 18.6. The summed E-state index contributed by atoms with van der Waals surface area (Å²) in [5.74, 6) is 1.74. The Hall–Kier alpha value is -2.49. The van der Waals surface area contributed by atoms with Gasteiger partial charge < -0.3 is 9.47 Å². The molecule has 2 aromatic carbocycles. The topological polar surface area (TPSA) is 21.1 Å². The summed E-state index contributed by atoms with van der Waals surface area (Å²) in [6.45, 7) is 7.24. The average molecular weight is 466 g/mol. The van der Waals surface area contributed by atoms with Crippen LogP contribution >= 0.6 is 24.0 Å². The maximum atomic E-state index is 6.51. The van der Waals surface area contributed by atoms with Crippen molar-refractivity contribution in [2.24, 2.45) is 0 Å². The second-order valence-corrected chi connectivity index (χ2v) is 9.00. The van der Waals surface area contributed by atoms with E-state index in [1.54, 1.807) is 0 Å². The molecule has 2 aromatic heterocycles. The van der Waals surface area contributed by atoms with Gasteiger partial charge in [0.25, 0.3) is 0 Å². The van der Waals surface area contributed by atoms with Gasteiger partial charge in [-0.15, -0.1) is 12.4 Å². The van der Waals surface area contributed by atoms with Crippen LogP contribution < -0.4 is 4.90 Å². The van der Waals surface area contributed by atoms with E-state index in [-0.39, 0.29) is 12.4 Å². The maximum Gasteiger partial charge on any atom is 0.153 e. The van der Waals surface area contributed by atoms with Crippen molar-refractivity contribution in [2.45, 2.75) is 39.2 Å². The summed E-state index contributed by atoms with van der Waals surface area (Å²) in [6, 6.07) is 21.2. The molecule has 32 heavy (non-hydrogen) atoms. The normalized spacial score (nSPS) is 14.5. The third kappa shape index (κ3) is 4.12.